The maximum absolute atomic E-state index is 6.06. The number of nitrogens with zero attached hydrogens (tertiary/aromatic N) is 3. The molecule has 2 N–H and O–H groups in total. The highest BCUT2D eigenvalue weighted by Crippen LogP contribution is 2.32. The molecule has 0 unspecified atom stereocenters. The van der Waals surface area contributed by atoms with Crippen LogP contribution in [0.2, 0.25) is 0 Å². The van der Waals surface area contributed by atoms with Gasteiger partial charge in [-0.05, 0) is 30.2 Å². The number of imidazole rings is 1. The second-order valence-corrected chi connectivity index (χ2v) is 6.78. The molecule has 0 bridgehead atoms. The van der Waals surface area contributed by atoms with Crippen molar-refractivity contribution in [2.75, 3.05) is 19.6 Å². The van der Waals surface area contributed by atoms with Gasteiger partial charge in [0.1, 0.15) is 5.82 Å². The first-order valence-electron chi connectivity index (χ1n) is 8.64. The van der Waals surface area contributed by atoms with Crippen LogP contribution in [0.5, 0.6) is 0 Å². The van der Waals surface area contributed by atoms with Gasteiger partial charge in [-0.15, -0.1) is 12.4 Å². The van der Waals surface area contributed by atoms with E-state index in [0.29, 0.717) is 11.8 Å². The molecule has 1 saturated heterocycles. The van der Waals surface area contributed by atoms with Gasteiger partial charge in [0.05, 0.1) is 17.6 Å². The molecule has 1 aromatic heterocycles. The molecule has 0 spiro atoms. The highest BCUT2D eigenvalue weighted by Gasteiger charge is 2.33. The first-order chi connectivity index (χ1) is 11.8. The third kappa shape index (κ3) is 3.43. The van der Waals surface area contributed by atoms with Crippen LogP contribution in [-0.2, 0) is 13.6 Å². The molecular formula is C20H25ClN4. The topological polar surface area (TPSA) is 47.1 Å². The van der Waals surface area contributed by atoms with Gasteiger partial charge in [0, 0.05) is 26.1 Å². The average molecular weight is 357 g/mol. The quantitative estimate of drug-likeness (QED) is 0.781. The van der Waals surface area contributed by atoms with E-state index in [1.165, 1.54) is 11.1 Å². The number of aromatic nitrogens is 2. The van der Waals surface area contributed by atoms with Crippen LogP contribution in [0.1, 0.15) is 17.3 Å². The molecule has 0 aliphatic carbocycles. The Morgan fingerprint density at radius 3 is 2.48 bits per heavy atom. The van der Waals surface area contributed by atoms with E-state index in [4.69, 9.17) is 10.7 Å². The smallest absolute Gasteiger partial charge is 0.123 e. The van der Waals surface area contributed by atoms with Gasteiger partial charge in [-0.25, -0.2) is 4.98 Å². The van der Waals surface area contributed by atoms with Gasteiger partial charge in [-0.1, -0.05) is 42.5 Å². The molecule has 132 valence electrons. The molecule has 25 heavy (non-hydrogen) atoms. The lowest BCUT2D eigenvalue weighted by Crippen LogP contribution is -2.24. The SMILES string of the molecule is Cl.Cn1c(CN2C[C@@H](CN)[C@H](c3ccccc3)C2)nc2ccccc21. The Labute approximate surface area is 155 Å². The van der Waals surface area contributed by atoms with Crippen LogP contribution in [-0.4, -0.2) is 34.1 Å². The number of fused-ring (bicyclic) bond motifs is 1. The van der Waals surface area contributed by atoms with Crippen LogP contribution in [0, 0.1) is 5.92 Å². The summed E-state index contributed by atoms with van der Waals surface area (Å²) < 4.78 is 2.21. The number of hydrogen-bond donors (Lipinski definition) is 1. The van der Waals surface area contributed by atoms with E-state index in [9.17, 15) is 0 Å². The number of para-hydroxylation sites is 2. The van der Waals surface area contributed by atoms with Gasteiger partial charge in [0.25, 0.3) is 0 Å². The third-order valence-electron chi connectivity index (χ3n) is 5.29. The van der Waals surface area contributed by atoms with Crippen LogP contribution in [0.3, 0.4) is 0 Å². The maximum Gasteiger partial charge on any atom is 0.123 e. The Balaban J connectivity index is 0.00000182. The van der Waals surface area contributed by atoms with E-state index < -0.39 is 0 Å². The van der Waals surface area contributed by atoms with E-state index in [-0.39, 0.29) is 12.4 Å². The summed E-state index contributed by atoms with van der Waals surface area (Å²) in [5.41, 5.74) is 9.73. The molecular weight excluding hydrogens is 332 g/mol. The van der Waals surface area contributed by atoms with Crippen LogP contribution in [0.15, 0.2) is 54.6 Å². The predicted molar refractivity (Wildman–Crippen MR) is 105 cm³/mol. The predicted octanol–water partition coefficient (Wildman–Crippen LogP) is 3.17. The Hall–Kier alpha value is -1.88. The number of aryl methyl sites for hydroxylation is 1. The number of halogens is 1. The van der Waals surface area contributed by atoms with Crippen molar-refractivity contribution in [1.29, 1.82) is 0 Å². The van der Waals surface area contributed by atoms with Crippen molar-refractivity contribution < 1.29 is 0 Å². The van der Waals surface area contributed by atoms with Gasteiger partial charge in [0.2, 0.25) is 0 Å². The summed E-state index contributed by atoms with van der Waals surface area (Å²) >= 11 is 0. The Kier molecular flexibility index (Phi) is 5.42. The van der Waals surface area contributed by atoms with Crippen molar-refractivity contribution in [1.82, 2.24) is 14.5 Å². The Bertz CT molecular complexity index is 830. The lowest BCUT2D eigenvalue weighted by molar-refractivity contribution is 0.306. The summed E-state index contributed by atoms with van der Waals surface area (Å²) in [5, 5.41) is 0. The zero-order valence-electron chi connectivity index (χ0n) is 14.5. The summed E-state index contributed by atoms with van der Waals surface area (Å²) in [6.07, 6.45) is 0. The fourth-order valence-corrected chi connectivity index (χ4v) is 3.94. The lowest BCUT2D eigenvalue weighted by Gasteiger charge is -2.16. The fraction of sp³-hybridized carbons (Fsp3) is 0.350. The molecule has 0 radical (unpaired) electrons. The molecule has 4 rings (SSSR count). The Morgan fingerprint density at radius 2 is 1.76 bits per heavy atom. The van der Waals surface area contributed by atoms with Crippen LogP contribution >= 0.6 is 12.4 Å². The molecule has 2 aromatic carbocycles. The van der Waals surface area contributed by atoms with Gasteiger partial charge in [-0.2, -0.15) is 0 Å². The van der Waals surface area contributed by atoms with Crippen LogP contribution in [0.4, 0.5) is 0 Å². The maximum atomic E-state index is 6.06. The monoisotopic (exact) mass is 356 g/mol. The summed E-state index contributed by atoms with van der Waals surface area (Å²) in [4.78, 5) is 7.31. The van der Waals surface area contributed by atoms with Crippen molar-refractivity contribution in [3.05, 3.63) is 66.0 Å². The zero-order valence-corrected chi connectivity index (χ0v) is 15.3. The minimum absolute atomic E-state index is 0. The molecule has 1 aliphatic heterocycles. The van der Waals surface area contributed by atoms with Crippen molar-refractivity contribution >= 4 is 23.4 Å². The van der Waals surface area contributed by atoms with E-state index in [0.717, 1.165) is 37.5 Å². The highest BCUT2D eigenvalue weighted by atomic mass is 35.5. The van der Waals surface area contributed by atoms with Gasteiger partial charge < -0.3 is 10.3 Å². The summed E-state index contributed by atoms with van der Waals surface area (Å²) in [7, 11) is 2.11. The molecule has 0 saturated carbocycles. The van der Waals surface area contributed by atoms with Gasteiger partial charge in [-0.3, -0.25) is 4.90 Å². The summed E-state index contributed by atoms with van der Waals surface area (Å²) in [5.74, 6) is 2.16. The minimum Gasteiger partial charge on any atom is -0.330 e. The number of likely N-dealkylation sites (tertiary alicyclic amines) is 1. The fourth-order valence-electron chi connectivity index (χ4n) is 3.94. The number of benzene rings is 2. The zero-order chi connectivity index (χ0) is 16.5. The van der Waals surface area contributed by atoms with Crippen molar-refractivity contribution in [3.8, 4) is 0 Å². The molecule has 1 fully saturated rings. The van der Waals surface area contributed by atoms with E-state index in [2.05, 4.69) is 65.0 Å². The second-order valence-electron chi connectivity index (χ2n) is 6.78. The molecule has 3 aromatic rings. The number of rotatable bonds is 4. The third-order valence-corrected chi connectivity index (χ3v) is 5.29. The van der Waals surface area contributed by atoms with Crippen molar-refractivity contribution in [2.45, 2.75) is 12.5 Å². The molecule has 0 amide bonds. The molecule has 1 aliphatic rings. The second kappa shape index (κ2) is 7.56. The van der Waals surface area contributed by atoms with Crippen LogP contribution in [0.25, 0.3) is 11.0 Å². The molecule has 5 heteroatoms. The van der Waals surface area contributed by atoms with E-state index >= 15 is 0 Å². The van der Waals surface area contributed by atoms with Gasteiger partial charge in [0.15, 0.2) is 0 Å². The summed E-state index contributed by atoms with van der Waals surface area (Å²) in [6.45, 7) is 3.71. The number of hydrogen-bond acceptors (Lipinski definition) is 3. The first-order valence-corrected chi connectivity index (χ1v) is 8.64. The molecule has 2 heterocycles. The summed E-state index contributed by atoms with van der Waals surface area (Å²) in [6, 6.07) is 19.1. The number of nitrogens with two attached hydrogens (primary N) is 1. The van der Waals surface area contributed by atoms with E-state index in [1.54, 1.807) is 0 Å². The average Bonchev–Trinajstić information content (AvgIpc) is 3.18. The Morgan fingerprint density at radius 1 is 1.04 bits per heavy atom. The standard InChI is InChI=1S/C20H24N4.ClH/c1-23-19-10-6-5-9-18(19)22-20(23)14-24-12-16(11-21)17(13-24)15-7-3-2-4-8-15;/h2-10,16-17H,11-14,21H2,1H3;1H/t16-,17+;/m1./s1. The highest BCUT2D eigenvalue weighted by molar-refractivity contribution is 5.85. The largest absolute Gasteiger partial charge is 0.330 e. The van der Waals surface area contributed by atoms with Crippen molar-refractivity contribution in [3.63, 3.8) is 0 Å². The molecule has 4 nitrogen and oxygen atoms in total. The van der Waals surface area contributed by atoms with E-state index in [1.807, 2.05) is 6.07 Å². The van der Waals surface area contributed by atoms with Crippen LogP contribution < -0.4 is 5.73 Å². The first kappa shape index (κ1) is 17.9. The van der Waals surface area contributed by atoms with Gasteiger partial charge >= 0.3 is 0 Å². The minimum atomic E-state index is 0. The lowest BCUT2D eigenvalue weighted by atomic mass is 9.89. The van der Waals surface area contributed by atoms with Crippen molar-refractivity contribution in [2.24, 2.45) is 18.7 Å². The molecule has 2 atom stereocenters. The normalized spacial score (nSPS) is 20.7.